The SMILES string of the molecule is COc1cccc([C@@H]2Nc3c(Cl)cc(Cl)c(Cl)c3[C@@H]3C=CC[C@@H]32)c1. The van der Waals surface area contributed by atoms with Crippen LogP contribution in [0, 0.1) is 5.92 Å². The second kappa shape index (κ2) is 6.18. The maximum Gasteiger partial charge on any atom is 0.119 e. The number of benzene rings is 2. The Morgan fingerprint density at radius 2 is 1.96 bits per heavy atom. The fraction of sp³-hybridized carbons (Fsp3) is 0.263. The summed E-state index contributed by atoms with van der Waals surface area (Å²) in [6.07, 6.45) is 5.42. The molecule has 0 spiro atoms. The van der Waals surface area contributed by atoms with Gasteiger partial charge < -0.3 is 10.1 Å². The van der Waals surface area contributed by atoms with Crippen molar-refractivity contribution >= 4 is 40.5 Å². The van der Waals surface area contributed by atoms with Gasteiger partial charge in [-0.15, -0.1) is 0 Å². The number of rotatable bonds is 2. The Bertz CT molecular complexity index is 834. The van der Waals surface area contributed by atoms with E-state index in [4.69, 9.17) is 39.5 Å². The zero-order valence-electron chi connectivity index (χ0n) is 13.0. The molecule has 0 unspecified atom stereocenters. The number of allylic oxidation sites excluding steroid dienone is 2. The summed E-state index contributed by atoms with van der Waals surface area (Å²) < 4.78 is 5.38. The standard InChI is InChI=1S/C19H16Cl3NO/c1-24-11-5-2-4-10(8-11)18-13-7-3-6-12(13)16-17(22)14(20)9-15(21)19(16)23-18/h2-6,8-9,12-13,18,23H,7H2,1H3/t12-,13+,18+/m1/s1. The molecule has 0 radical (unpaired) electrons. The number of anilines is 1. The molecule has 24 heavy (non-hydrogen) atoms. The first kappa shape index (κ1) is 16.1. The van der Waals surface area contributed by atoms with Gasteiger partial charge in [0, 0.05) is 11.5 Å². The summed E-state index contributed by atoms with van der Waals surface area (Å²) in [5.74, 6) is 1.43. The minimum atomic E-state index is 0.141. The molecule has 2 aromatic carbocycles. The first-order valence-corrected chi connectivity index (χ1v) is 8.98. The van der Waals surface area contributed by atoms with Gasteiger partial charge in [-0.3, -0.25) is 0 Å². The van der Waals surface area contributed by atoms with E-state index >= 15 is 0 Å². The van der Waals surface area contributed by atoms with Gasteiger partial charge in [0.05, 0.1) is 33.9 Å². The maximum absolute atomic E-state index is 6.51. The summed E-state index contributed by atoms with van der Waals surface area (Å²) in [5, 5.41) is 5.30. The topological polar surface area (TPSA) is 21.3 Å². The third-order valence-electron chi connectivity index (χ3n) is 4.93. The number of methoxy groups -OCH3 is 1. The number of hydrogen-bond acceptors (Lipinski definition) is 2. The lowest BCUT2D eigenvalue weighted by molar-refractivity contribution is 0.406. The Balaban J connectivity index is 1.85. The van der Waals surface area contributed by atoms with Crippen LogP contribution >= 0.6 is 34.8 Å². The first-order chi connectivity index (χ1) is 11.6. The summed E-state index contributed by atoms with van der Waals surface area (Å²) in [5.41, 5.74) is 3.07. The predicted octanol–water partition coefficient (Wildman–Crippen LogP) is 6.48. The third-order valence-corrected chi connectivity index (χ3v) is 6.04. The molecule has 1 aliphatic carbocycles. The van der Waals surface area contributed by atoms with Crippen molar-refractivity contribution in [1.29, 1.82) is 0 Å². The molecule has 2 aliphatic rings. The van der Waals surface area contributed by atoms with Gasteiger partial charge in [-0.05, 0) is 36.1 Å². The molecule has 0 aromatic heterocycles. The normalized spacial score (nSPS) is 24.2. The van der Waals surface area contributed by atoms with Crippen molar-refractivity contribution in [2.45, 2.75) is 18.4 Å². The van der Waals surface area contributed by atoms with Gasteiger partial charge in [-0.2, -0.15) is 0 Å². The fourth-order valence-electron chi connectivity index (χ4n) is 3.83. The van der Waals surface area contributed by atoms with Crippen molar-refractivity contribution in [3.8, 4) is 5.75 Å². The van der Waals surface area contributed by atoms with Crippen LogP contribution in [-0.4, -0.2) is 7.11 Å². The molecular formula is C19H16Cl3NO. The van der Waals surface area contributed by atoms with Crippen molar-refractivity contribution in [3.63, 3.8) is 0 Å². The minimum absolute atomic E-state index is 0.141. The average molecular weight is 381 g/mol. The Morgan fingerprint density at radius 1 is 1.12 bits per heavy atom. The molecule has 1 N–H and O–H groups in total. The molecule has 4 rings (SSSR count). The highest BCUT2D eigenvalue weighted by Crippen LogP contribution is 2.55. The molecule has 124 valence electrons. The van der Waals surface area contributed by atoms with Crippen molar-refractivity contribution in [2.75, 3.05) is 12.4 Å². The van der Waals surface area contributed by atoms with Gasteiger partial charge in [0.2, 0.25) is 0 Å². The molecule has 0 saturated carbocycles. The van der Waals surface area contributed by atoms with E-state index in [2.05, 4.69) is 29.6 Å². The van der Waals surface area contributed by atoms with Gasteiger partial charge >= 0.3 is 0 Å². The first-order valence-electron chi connectivity index (χ1n) is 7.84. The lowest BCUT2D eigenvalue weighted by Crippen LogP contribution is -2.29. The van der Waals surface area contributed by atoms with Gasteiger partial charge in [0.25, 0.3) is 0 Å². The highest BCUT2D eigenvalue weighted by Gasteiger charge is 2.40. The van der Waals surface area contributed by atoms with Crippen LogP contribution in [0.5, 0.6) is 5.75 Å². The van der Waals surface area contributed by atoms with Gasteiger partial charge in [0.1, 0.15) is 5.75 Å². The molecule has 1 heterocycles. The van der Waals surface area contributed by atoms with Crippen LogP contribution in [0.3, 0.4) is 0 Å². The summed E-state index contributed by atoms with van der Waals surface area (Å²) >= 11 is 19.2. The van der Waals surface area contributed by atoms with E-state index in [-0.39, 0.29) is 12.0 Å². The number of hydrogen-bond donors (Lipinski definition) is 1. The third kappa shape index (κ3) is 2.48. The number of fused-ring (bicyclic) bond motifs is 3. The predicted molar refractivity (Wildman–Crippen MR) is 101 cm³/mol. The van der Waals surface area contributed by atoms with E-state index in [1.165, 1.54) is 5.56 Å². The molecule has 0 amide bonds. The Kier molecular flexibility index (Phi) is 4.16. The highest BCUT2D eigenvalue weighted by atomic mass is 35.5. The molecule has 0 fully saturated rings. The van der Waals surface area contributed by atoms with Gasteiger partial charge in [-0.25, -0.2) is 0 Å². The number of nitrogens with one attached hydrogen (secondary N) is 1. The second-order valence-corrected chi connectivity index (χ2v) is 7.39. The zero-order valence-corrected chi connectivity index (χ0v) is 15.3. The summed E-state index contributed by atoms with van der Waals surface area (Å²) in [4.78, 5) is 0. The van der Waals surface area contributed by atoms with Crippen LogP contribution in [-0.2, 0) is 0 Å². The minimum Gasteiger partial charge on any atom is -0.497 e. The summed E-state index contributed by atoms with van der Waals surface area (Å²) in [6.45, 7) is 0. The maximum atomic E-state index is 6.51. The molecule has 0 bridgehead atoms. The van der Waals surface area contributed by atoms with Crippen molar-refractivity contribution in [1.82, 2.24) is 0 Å². The number of halogens is 3. The van der Waals surface area contributed by atoms with Gasteiger partial charge in [-0.1, -0.05) is 59.1 Å². The smallest absolute Gasteiger partial charge is 0.119 e. The molecule has 5 heteroatoms. The van der Waals surface area contributed by atoms with E-state index in [1.54, 1.807) is 13.2 Å². The highest BCUT2D eigenvalue weighted by molar-refractivity contribution is 6.44. The van der Waals surface area contributed by atoms with E-state index in [0.29, 0.717) is 21.0 Å². The van der Waals surface area contributed by atoms with E-state index in [9.17, 15) is 0 Å². The quantitative estimate of drug-likeness (QED) is 0.475. The van der Waals surface area contributed by atoms with Crippen LogP contribution in [0.25, 0.3) is 0 Å². The zero-order chi connectivity index (χ0) is 16.8. The number of ether oxygens (including phenoxy) is 1. The monoisotopic (exact) mass is 379 g/mol. The lowest BCUT2D eigenvalue weighted by atomic mass is 9.77. The summed E-state index contributed by atoms with van der Waals surface area (Å²) in [6, 6.07) is 10.0. The van der Waals surface area contributed by atoms with E-state index in [0.717, 1.165) is 23.4 Å². The van der Waals surface area contributed by atoms with Crippen LogP contribution in [0.15, 0.2) is 42.5 Å². The van der Waals surface area contributed by atoms with E-state index in [1.807, 2.05) is 12.1 Å². The van der Waals surface area contributed by atoms with Crippen LogP contribution in [0.2, 0.25) is 15.1 Å². The molecule has 1 aliphatic heterocycles. The Labute approximate surface area is 156 Å². The van der Waals surface area contributed by atoms with Crippen LogP contribution < -0.4 is 10.1 Å². The van der Waals surface area contributed by atoms with Crippen molar-refractivity contribution in [3.05, 3.63) is 68.7 Å². The van der Waals surface area contributed by atoms with E-state index < -0.39 is 0 Å². The summed E-state index contributed by atoms with van der Waals surface area (Å²) in [7, 11) is 1.68. The lowest BCUT2D eigenvalue weighted by Gasteiger charge is -2.38. The van der Waals surface area contributed by atoms with Crippen LogP contribution in [0.1, 0.15) is 29.5 Å². The second-order valence-electron chi connectivity index (χ2n) is 6.19. The molecule has 3 atom stereocenters. The molecule has 0 saturated heterocycles. The van der Waals surface area contributed by atoms with Crippen molar-refractivity contribution in [2.24, 2.45) is 5.92 Å². The average Bonchev–Trinajstić information content (AvgIpc) is 3.08. The van der Waals surface area contributed by atoms with Crippen molar-refractivity contribution < 1.29 is 4.74 Å². The molecule has 2 aromatic rings. The molecular weight excluding hydrogens is 365 g/mol. The van der Waals surface area contributed by atoms with Gasteiger partial charge in [0.15, 0.2) is 0 Å². The fourth-order valence-corrected chi connectivity index (χ4v) is 4.63. The Hall–Kier alpha value is -1.35. The largest absolute Gasteiger partial charge is 0.497 e. The Morgan fingerprint density at radius 3 is 2.75 bits per heavy atom. The molecule has 2 nitrogen and oxygen atoms in total. The van der Waals surface area contributed by atoms with Crippen LogP contribution in [0.4, 0.5) is 5.69 Å².